The highest BCUT2D eigenvalue weighted by Crippen LogP contribution is 2.45. The Morgan fingerprint density at radius 1 is 1.00 bits per heavy atom. The molecule has 1 unspecified atom stereocenters. The number of carbonyl (C=O) groups excluding carboxylic acids is 2. The number of amides is 1. The van der Waals surface area contributed by atoms with Crippen LogP contribution >= 0.6 is 11.3 Å². The summed E-state index contributed by atoms with van der Waals surface area (Å²) in [5, 5.41) is 13.5. The van der Waals surface area contributed by atoms with Gasteiger partial charge in [-0.3, -0.25) is 14.5 Å². The molecule has 1 fully saturated rings. The molecule has 1 amide bonds. The molecule has 1 atom stereocenters. The van der Waals surface area contributed by atoms with E-state index in [1.54, 1.807) is 31.4 Å². The van der Waals surface area contributed by atoms with Crippen LogP contribution in [-0.2, 0) is 15.0 Å². The van der Waals surface area contributed by atoms with Crippen molar-refractivity contribution in [2.75, 3.05) is 12.0 Å². The molecule has 1 saturated heterocycles. The monoisotopic (exact) mass is 475 g/mol. The van der Waals surface area contributed by atoms with E-state index in [-0.39, 0.29) is 16.7 Å². The maximum absolute atomic E-state index is 13.4. The van der Waals surface area contributed by atoms with E-state index in [0.717, 1.165) is 21.6 Å². The van der Waals surface area contributed by atoms with Gasteiger partial charge in [-0.2, -0.15) is 0 Å². The van der Waals surface area contributed by atoms with Crippen LogP contribution in [0, 0.1) is 13.8 Å². The van der Waals surface area contributed by atoms with Crippen molar-refractivity contribution >= 4 is 34.5 Å². The molecule has 1 aliphatic heterocycles. The Hall–Kier alpha value is -3.38. The number of carbonyl (C=O) groups is 2. The molecule has 1 aliphatic rings. The van der Waals surface area contributed by atoms with Crippen LogP contribution in [0.15, 0.2) is 59.5 Å². The van der Waals surface area contributed by atoms with Crippen LogP contribution in [-0.4, -0.2) is 23.9 Å². The standard InChI is InChI=1S/C28H29NO4S/c1-16-7-8-18(28(3,4)5)15-21(16)24(30)22-23(26-17(2)13-14-34-26)29(27(32)25(22)31)19-9-11-20(33-6)12-10-19/h7-15,23,30H,1-6H3/b24-22+. The largest absolute Gasteiger partial charge is 0.507 e. The van der Waals surface area contributed by atoms with Gasteiger partial charge in [0.1, 0.15) is 17.6 Å². The van der Waals surface area contributed by atoms with E-state index in [1.165, 1.54) is 16.2 Å². The Kier molecular flexibility index (Phi) is 6.13. The minimum Gasteiger partial charge on any atom is -0.507 e. The lowest BCUT2D eigenvalue weighted by atomic mass is 9.84. The Morgan fingerprint density at radius 2 is 1.68 bits per heavy atom. The second-order valence-electron chi connectivity index (χ2n) is 9.61. The van der Waals surface area contributed by atoms with Crippen LogP contribution in [0.2, 0.25) is 0 Å². The van der Waals surface area contributed by atoms with Gasteiger partial charge in [-0.1, -0.05) is 32.9 Å². The number of thiophene rings is 1. The Bertz CT molecular complexity index is 1290. The zero-order chi connectivity index (χ0) is 24.8. The fraction of sp³-hybridized carbons (Fsp3) is 0.286. The van der Waals surface area contributed by atoms with Gasteiger partial charge in [0.15, 0.2) is 0 Å². The summed E-state index contributed by atoms with van der Waals surface area (Å²) in [4.78, 5) is 29.1. The number of aliphatic hydroxyl groups is 1. The number of rotatable bonds is 4. The average molecular weight is 476 g/mol. The second-order valence-corrected chi connectivity index (χ2v) is 10.6. The minimum atomic E-state index is -0.717. The number of ether oxygens (including phenoxy) is 1. The molecule has 3 aromatic rings. The molecular formula is C28H29NO4S. The maximum Gasteiger partial charge on any atom is 0.300 e. The molecule has 0 spiro atoms. The maximum atomic E-state index is 13.4. The molecule has 6 heteroatoms. The average Bonchev–Trinajstić information content (AvgIpc) is 3.33. The SMILES string of the molecule is COc1ccc(N2C(=O)C(=O)/C(=C(/O)c3cc(C(C)(C)C)ccc3C)C2c2sccc2C)cc1. The van der Waals surface area contributed by atoms with Crippen molar-refractivity contribution in [2.24, 2.45) is 0 Å². The number of aliphatic hydroxyl groups excluding tert-OH is 1. The van der Waals surface area contributed by atoms with Gasteiger partial charge in [0.05, 0.1) is 12.7 Å². The summed E-state index contributed by atoms with van der Waals surface area (Å²) in [6.45, 7) is 10.1. The lowest BCUT2D eigenvalue weighted by Gasteiger charge is -2.25. The molecule has 1 aromatic heterocycles. The van der Waals surface area contributed by atoms with E-state index >= 15 is 0 Å². The quantitative estimate of drug-likeness (QED) is 0.273. The molecule has 5 nitrogen and oxygen atoms in total. The third kappa shape index (κ3) is 4.03. The van der Waals surface area contributed by atoms with Crippen molar-refractivity contribution in [1.82, 2.24) is 0 Å². The predicted molar refractivity (Wildman–Crippen MR) is 137 cm³/mol. The Morgan fingerprint density at radius 3 is 2.24 bits per heavy atom. The highest BCUT2D eigenvalue weighted by molar-refractivity contribution is 7.10. The third-order valence-corrected chi connectivity index (χ3v) is 7.38. The summed E-state index contributed by atoms with van der Waals surface area (Å²) in [7, 11) is 1.57. The lowest BCUT2D eigenvalue weighted by Crippen LogP contribution is -2.29. The predicted octanol–water partition coefficient (Wildman–Crippen LogP) is 6.30. The number of ketones is 1. The van der Waals surface area contributed by atoms with Crippen LogP contribution in [0.1, 0.15) is 53.9 Å². The topological polar surface area (TPSA) is 66.8 Å². The molecule has 34 heavy (non-hydrogen) atoms. The highest BCUT2D eigenvalue weighted by Gasteiger charge is 2.48. The van der Waals surface area contributed by atoms with Crippen LogP contribution < -0.4 is 9.64 Å². The van der Waals surface area contributed by atoms with Crippen molar-refractivity contribution in [3.05, 3.63) is 86.6 Å². The number of nitrogens with zero attached hydrogens (tertiary/aromatic N) is 1. The molecule has 2 heterocycles. The summed E-state index contributed by atoms with van der Waals surface area (Å²) in [5.74, 6) is -0.838. The fourth-order valence-electron chi connectivity index (χ4n) is 4.24. The molecule has 176 valence electrons. The van der Waals surface area contributed by atoms with Crippen molar-refractivity contribution in [3.63, 3.8) is 0 Å². The van der Waals surface area contributed by atoms with Crippen molar-refractivity contribution in [1.29, 1.82) is 0 Å². The van der Waals surface area contributed by atoms with Gasteiger partial charge < -0.3 is 9.84 Å². The molecule has 4 rings (SSSR count). The van der Waals surface area contributed by atoms with E-state index in [9.17, 15) is 14.7 Å². The van der Waals surface area contributed by atoms with Crippen LogP contribution in [0.25, 0.3) is 5.76 Å². The van der Waals surface area contributed by atoms with E-state index in [2.05, 4.69) is 20.8 Å². The molecule has 0 bridgehead atoms. The molecule has 1 N–H and O–H groups in total. The van der Waals surface area contributed by atoms with E-state index in [1.807, 2.05) is 43.5 Å². The van der Waals surface area contributed by atoms with Gasteiger partial charge in [0.2, 0.25) is 0 Å². The first-order valence-corrected chi connectivity index (χ1v) is 12.0. The van der Waals surface area contributed by atoms with Gasteiger partial charge in [0, 0.05) is 16.1 Å². The first-order valence-electron chi connectivity index (χ1n) is 11.1. The van der Waals surface area contributed by atoms with Gasteiger partial charge in [0.25, 0.3) is 11.7 Å². The van der Waals surface area contributed by atoms with Gasteiger partial charge in [-0.15, -0.1) is 11.3 Å². The highest BCUT2D eigenvalue weighted by atomic mass is 32.1. The van der Waals surface area contributed by atoms with Crippen LogP contribution in [0.3, 0.4) is 0 Å². The summed E-state index contributed by atoms with van der Waals surface area (Å²) in [5.41, 5.74) is 3.94. The summed E-state index contributed by atoms with van der Waals surface area (Å²) in [6, 6.07) is 14.2. The second kappa shape index (κ2) is 8.76. The molecule has 2 aromatic carbocycles. The number of methoxy groups -OCH3 is 1. The zero-order valence-corrected chi connectivity index (χ0v) is 21.1. The fourth-order valence-corrected chi connectivity index (χ4v) is 5.27. The lowest BCUT2D eigenvalue weighted by molar-refractivity contribution is -0.132. The number of hydrogen-bond donors (Lipinski definition) is 1. The Labute approximate surface area is 204 Å². The molecule has 0 saturated carbocycles. The van der Waals surface area contributed by atoms with E-state index in [0.29, 0.717) is 17.0 Å². The van der Waals surface area contributed by atoms with E-state index in [4.69, 9.17) is 4.74 Å². The summed E-state index contributed by atoms with van der Waals surface area (Å²) >= 11 is 1.47. The van der Waals surface area contributed by atoms with Crippen molar-refractivity contribution < 1.29 is 19.4 Å². The smallest absolute Gasteiger partial charge is 0.300 e. The van der Waals surface area contributed by atoms with Crippen LogP contribution in [0.4, 0.5) is 5.69 Å². The molecule has 0 radical (unpaired) electrons. The number of Topliss-reactive ketones (excluding diaryl/α,β-unsaturated/α-hetero) is 1. The molecular weight excluding hydrogens is 446 g/mol. The van der Waals surface area contributed by atoms with E-state index < -0.39 is 17.7 Å². The molecule has 0 aliphatic carbocycles. The first kappa shape index (κ1) is 23.8. The summed E-state index contributed by atoms with van der Waals surface area (Å²) in [6.07, 6.45) is 0. The third-order valence-electron chi connectivity index (χ3n) is 6.30. The first-order chi connectivity index (χ1) is 16.0. The number of hydrogen-bond acceptors (Lipinski definition) is 5. The van der Waals surface area contributed by atoms with Crippen molar-refractivity contribution in [2.45, 2.75) is 46.1 Å². The van der Waals surface area contributed by atoms with Gasteiger partial charge in [-0.05, 0) is 77.7 Å². The zero-order valence-electron chi connectivity index (χ0n) is 20.3. The van der Waals surface area contributed by atoms with Crippen LogP contribution in [0.5, 0.6) is 5.75 Å². The number of benzene rings is 2. The number of aryl methyl sites for hydroxylation is 2. The minimum absolute atomic E-state index is 0.112. The van der Waals surface area contributed by atoms with Gasteiger partial charge in [-0.25, -0.2) is 0 Å². The van der Waals surface area contributed by atoms with Gasteiger partial charge >= 0.3 is 0 Å². The number of anilines is 1. The van der Waals surface area contributed by atoms with Crippen molar-refractivity contribution in [3.8, 4) is 5.75 Å². The Balaban J connectivity index is 1.96. The summed E-state index contributed by atoms with van der Waals surface area (Å²) < 4.78 is 5.25. The normalized spacial score (nSPS) is 17.9.